The lowest BCUT2D eigenvalue weighted by molar-refractivity contribution is 0.00578. The van der Waals surface area contributed by atoms with Crippen molar-refractivity contribution in [2.45, 2.75) is 38.9 Å². The third kappa shape index (κ3) is 3.77. The molecule has 1 aliphatic heterocycles. The lowest BCUT2D eigenvalue weighted by Gasteiger charge is -2.32. The topological polar surface area (TPSA) is 55.8 Å². The Labute approximate surface area is 147 Å². The van der Waals surface area contributed by atoms with E-state index in [9.17, 15) is 4.79 Å². The summed E-state index contributed by atoms with van der Waals surface area (Å²) in [6.07, 6.45) is 1.78. The fourth-order valence-electron chi connectivity index (χ4n) is 2.17. The van der Waals surface area contributed by atoms with E-state index in [2.05, 4.69) is 12.6 Å². The van der Waals surface area contributed by atoms with Crippen LogP contribution in [0.1, 0.15) is 43.6 Å². The molecule has 0 aliphatic carbocycles. The van der Waals surface area contributed by atoms with E-state index >= 15 is 0 Å². The monoisotopic (exact) mass is 354 g/mol. The van der Waals surface area contributed by atoms with Gasteiger partial charge in [-0.25, -0.2) is 4.79 Å². The summed E-state index contributed by atoms with van der Waals surface area (Å²) in [5, 5.41) is 9.58. The largest absolute Gasteiger partial charge is 0.491 e. The Kier molecular flexibility index (Phi) is 5.21. The van der Waals surface area contributed by atoms with Gasteiger partial charge >= 0.3 is 13.1 Å². The normalized spacial score (nSPS) is 19.9. The minimum Gasteiger partial charge on any atom is -0.478 e. The van der Waals surface area contributed by atoms with Gasteiger partial charge < -0.3 is 14.4 Å². The molecule has 0 spiro atoms. The number of thiol groups is 1. The molecule has 1 aliphatic rings. The summed E-state index contributed by atoms with van der Waals surface area (Å²) >= 11 is 10.5. The van der Waals surface area contributed by atoms with Gasteiger partial charge in [0.05, 0.1) is 16.8 Å². The Balaban J connectivity index is 2.37. The van der Waals surface area contributed by atoms with Crippen LogP contribution in [-0.2, 0) is 9.31 Å². The molecule has 7 heteroatoms. The predicted octanol–water partition coefficient (Wildman–Crippen LogP) is 3.98. The molecule has 0 radical (unpaired) electrons. The van der Waals surface area contributed by atoms with Crippen molar-refractivity contribution in [2.24, 2.45) is 0 Å². The number of halogens is 1. The third-order valence-electron chi connectivity index (χ3n) is 4.32. The van der Waals surface area contributed by atoms with Gasteiger partial charge in [0.1, 0.15) is 0 Å². The van der Waals surface area contributed by atoms with E-state index in [-0.39, 0.29) is 5.56 Å². The molecular formula is C16H20BClO4S. The van der Waals surface area contributed by atoms with Gasteiger partial charge in [0.25, 0.3) is 0 Å². The van der Waals surface area contributed by atoms with Crippen LogP contribution in [0.25, 0.3) is 6.08 Å². The molecule has 1 saturated heterocycles. The zero-order valence-electron chi connectivity index (χ0n) is 13.6. The molecule has 1 heterocycles. The maximum absolute atomic E-state index is 11.1. The van der Waals surface area contributed by atoms with E-state index in [1.54, 1.807) is 12.1 Å². The summed E-state index contributed by atoms with van der Waals surface area (Å²) in [6.45, 7) is 7.89. The molecule has 1 fully saturated rings. The van der Waals surface area contributed by atoms with Gasteiger partial charge in [-0.2, -0.15) is 12.6 Å². The summed E-state index contributed by atoms with van der Waals surface area (Å²) in [5.41, 5.74) is 0.661. The smallest absolute Gasteiger partial charge is 0.478 e. The molecule has 23 heavy (non-hydrogen) atoms. The van der Waals surface area contributed by atoms with Crippen molar-refractivity contribution in [3.05, 3.63) is 39.8 Å². The third-order valence-corrected chi connectivity index (χ3v) is 5.03. The SMILES string of the molecule is CC1(C)OB(C(=Cc2cc(C(=O)O)ccc2Cl)CS)OC1(C)C. The second-order valence-corrected chi connectivity index (χ2v) is 7.23. The molecule has 124 valence electrons. The Morgan fingerprint density at radius 1 is 1.30 bits per heavy atom. The average molecular weight is 355 g/mol. The fourth-order valence-corrected chi connectivity index (χ4v) is 2.58. The van der Waals surface area contributed by atoms with Crippen molar-refractivity contribution < 1.29 is 19.2 Å². The minimum absolute atomic E-state index is 0.174. The van der Waals surface area contributed by atoms with Crippen molar-refractivity contribution >= 4 is 43.4 Å². The van der Waals surface area contributed by atoms with Gasteiger partial charge in [0, 0.05) is 10.8 Å². The number of benzene rings is 1. The van der Waals surface area contributed by atoms with Gasteiger partial charge in [0.2, 0.25) is 0 Å². The van der Waals surface area contributed by atoms with E-state index < -0.39 is 24.3 Å². The van der Waals surface area contributed by atoms with Gasteiger partial charge in [-0.1, -0.05) is 17.7 Å². The highest BCUT2D eigenvalue weighted by Gasteiger charge is 2.52. The van der Waals surface area contributed by atoms with Crippen LogP contribution in [0.3, 0.4) is 0 Å². The van der Waals surface area contributed by atoms with E-state index in [1.165, 1.54) is 12.1 Å². The van der Waals surface area contributed by atoms with Crippen LogP contribution in [0, 0.1) is 0 Å². The van der Waals surface area contributed by atoms with Crippen LogP contribution >= 0.6 is 24.2 Å². The highest BCUT2D eigenvalue weighted by atomic mass is 35.5. The number of rotatable bonds is 4. The van der Waals surface area contributed by atoms with Crippen molar-refractivity contribution in [3.8, 4) is 0 Å². The first kappa shape index (κ1) is 18.4. The Morgan fingerprint density at radius 2 is 1.87 bits per heavy atom. The summed E-state index contributed by atoms with van der Waals surface area (Å²) in [7, 11) is -0.540. The molecule has 4 nitrogen and oxygen atoms in total. The van der Waals surface area contributed by atoms with Crippen molar-refractivity contribution in [1.29, 1.82) is 0 Å². The highest BCUT2D eigenvalue weighted by Crippen LogP contribution is 2.39. The van der Waals surface area contributed by atoms with E-state index in [4.69, 9.17) is 26.0 Å². The molecule has 1 aromatic carbocycles. The minimum atomic E-state index is -1.00. The second-order valence-electron chi connectivity index (χ2n) is 6.51. The van der Waals surface area contributed by atoms with Crippen LogP contribution in [0.5, 0.6) is 0 Å². The molecule has 1 N–H and O–H groups in total. The molecule has 0 unspecified atom stereocenters. The highest BCUT2D eigenvalue weighted by molar-refractivity contribution is 7.80. The Bertz CT molecular complexity index is 641. The number of aromatic carboxylic acids is 1. The van der Waals surface area contributed by atoms with Gasteiger partial charge in [-0.3, -0.25) is 0 Å². The Hall–Kier alpha value is -0.945. The quantitative estimate of drug-likeness (QED) is 0.634. The molecule has 0 saturated carbocycles. The first-order valence-electron chi connectivity index (χ1n) is 7.27. The van der Waals surface area contributed by atoms with E-state index in [1.807, 2.05) is 27.7 Å². The standard InChI is InChI=1S/C16H20BClO4S/c1-15(2)16(3,4)22-17(21-15)12(9-23)8-11-7-10(14(19)20)5-6-13(11)18/h5-8,23H,9H2,1-4H3,(H,19,20). The van der Waals surface area contributed by atoms with Crippen molar-refractivity contribution in [2.75, 3.05) is 5.75 Å². The lowest BCUT2D eigenvalue weighted by atomic mass is 9.78. The summed E-state index contributed by atoms with van der Waals surface area (Å²) in [4.78, 5) is 11.1. The maximum Gasteiger partial charge on any atom is 0.491 e. The van der Waals surface area contributed by atoms with Crippen LogP contribution in [0.4, 0.5) is 0 Å². The van der Waals surface area contributed by atoms with Crippen LogP contribution in [0.15, 0.2) is 23.7 Å². The first-order valence-corrected chi connectivity index (χ1v) is 8.28. The molecule has 0 amide bonds. The zero-order valence-corrected chi connectivity index (χ0v) is 15.2. The van der Waals surface area contributed by atoms with Crippen molar-refractivity contribution in [1.82, 2.24) is 0 Å². The first-order chi connectivity index (χ1) is 10.6. The van der Waals surface area contributed by atoms with Crippen LogP contribution in [0.2, 0.25) is 5.02 Å². The molecule has 2 rings (SSSR count). The summed E-state index contributed by atoms with van der Waals surface area (Å²) in [5.74, 6) is -0.593. The van der Waals surface area contributed by atoms with Crippen LogP contribution < -0.4 is 0 Å². The van der Waals surface area contributed by atoms with Gasteiger partial charge in [-0.05, 0) is 56.9 Å². The number of carboxylic acid groups (broad SMARTS) is 1. The summed E-state index contributed by atoms with van der Waals surface area (Å²) in [6, 6.07) is 4.56. The van der Waals surface area contributed by atoms with Gasteiger partial charge in [0.15, 0.2) is 0 Å². The predicted molar refractivity (Wildman–Crippen MR) is 96.3 cm³/mol. The Morgan fingerprint density at radius 3 is 2.35 bits per heavy atom. The lowest BCUT2D eigenvalue weighted by Crippen LogP contribution is -2.41. The molecule has 1 aromatic rings. The van der Waals surface area contributed by atoms with Crippen molar-refractivity contribution in [3.63, 3.8) is 0 Å². The maximum atomic E-state index is 11.1. The number of hydrogen-bond donors (Lipinski definition) is 2. The zero-order chi connectivity index (χ0) is 17.4. The molecule has 0 aromatic heterocycles. The second kappa shape index (κ2) is 6.51. The van der Waals surface area contributed by atoms with E-state index in [0.717, 1.165) is 5.47 Å². The molecule has 0 atom stereocenters. The molecule has 0 bridgehead atoms. The number of carbonyl (C=O) groups is 1. The van der Waals surface area contributed by atoms with Crippen LogP contribution in [-0.4, -0.2) is 35.1 Å². The number of hydrogen-bond acceptors (Lipinski definition) is 4. The number of carboxylic acids is 1. The van der Waals surface area contributed by atoms with E-state index in [0.29, 0.717) is 16.3 Å². The van der Waals surface area contributed by atoms with Gasteiger partial charge in [-0.15, -0.1) is 0 Å². The summed E-state index contributed by atoms with van der Waals surface area (Å²) < 4.78 is 12.0. The average Bonchev–Trinajstić information content (AvgIpc) is 2.66. The fraction of sp³-hybridized carbons (Fsp3) is 0.438. The molecular weight excluding hydrogens is 335 g/mol.